The van der Waals surface area contributed by atoms with Crippen LogP contribution < -0.4 is 10.6 Å². The maximum atomic E-state index is 12.4. The molecule has 4 heteroatoms. The van der Waals surface area contributed by atoms with Gasteiger partial charge in [-0.25, -0.2) is 0 Å². The Bertz CT molecular complexity index is 279. The van der Waals surface area contributed by atoms with Gasteiger partial charge in [0, 0.05) is 19.1 Å². The van der Waals surface area contributed by atoms with Crippen LogP contribution in [0.2, 0.25) is 0 Å². The van der Waals surface area contributed by atoms with Crippen LogP contribution in [0, 0.1) is 0 Å². The summed E-state index contributed by atoms with van der Waals surface area (Å²) in [6.07, 6.45) is 5.20. The van der Waals surface area contributed by atoms with Crippen molar-refractivity contribution in [3.63, 3.8) is 0 Å². The molecule has 0 radical (unpaired) electrons. The molecule has 0 bridgehead atoms. The van der Waals surface area contributed by atoms with Gasteiger partial charge in [-0.15, -0.1) is 0 Å². The first-order valence-electron chi connectivity index (χ1n) is 7.48. The maximum Gasteiger partial charge on any atom is 0.240 e. The highest BCUT2D eigenvalue weighted by Gasteiger charge is 2.39. The second-order valence-electron chi connectivity index (χ2n) is 5.65. The molecule has 0 aromatic rings. The van der Waals surface area contributed by atoms with Crippen LogP contribution in [-0.4, -0.2) is 48.6 Å². The van der Waals surface area contributed by atoms with Gasteiger partial charge in [0.05, 0.1) is 5.54 Å². The first-order valence-corrected chi connectivity index (χ1v) is 7.48. The van der Waals surface area contributed by atoms with Gasteiger partial charge in [0.15, 0.2) is 0 Å². The number of hydrogen-bond acceptors (Lipinski definition) is 3. The summed E-state index contributed by atoms with van der Waals surface area (Å²) >= 11 is 0. The lowest BCUT2D eigenvalue weighted by Gasteiger charge is -2.34. The molecule has 0 spiro atoms. The normalized spacial score (nSPS) is 30.6. The third-order valence-electron chi connectivity index (χ3n) is 4.65. The van der Waals surface area contributed by atoms with Crippen molar-refractivity contribution in [3.05, 3.63) is 0 Å². The molecule has 2 heterocycles. The summed E-state index contributed by atoms with van der Waals surface area (Å²) in [5.74, 6) is 0.234. The lowest BCUT2D eigenvalue weighted by atomic mass is 9.92. The Morgan fingerprint density at radius 1 is 1.39 bits per heavy atom. The van der Waals surface area contributed by atoms with Crippen LogP contribution in [0.3, 0.4) is 0 Å². The van der Waals surface area contributed by atoms with E-state index in [-0.39, 0.29) is 11.4 Å². The molecule has 0 aromatic carbocycles. The zero-order valence-corrected chi connectivity index (χ0v) is 11.8. The minimum atomic E-state index is -0.276. The molecule has 104 valence electrons. The van der Waals surface area contributed by atoms with Gasteiger partial charge in [0.2, 0.25) is 5.91 Å². The van der Waals surface area contributed by atoms with Crippen molar-refractivity contribution in [2.24, 2.45) is 0 Å². The first kappa shape index (κ1) is 13.8. The highest BCUT2D eigenvalue weighted by molar-refractivity contribution is 5.86. The molecule has 2 N–H and O–H groups in total. The topological polar surface area (TPSA) is 44.4 Å². The van der Waals surface area contributed by atoms with Crippen LogP contribution in [0.5, 0.6) is 0 Å². The molecule has 0 saturated carbocycles. The van der Waals surface area contributed by atoms with E-state index >= 15 is 0 Å². The fourth-order valence-electron chi connectivity index (χ4n) is 3.18. The molecule has 2 saturated heterocycles. The van der Waals surface area contributed by atoms with Gasteiger partial charge in [-0.3, -0.25) is 4.79 Å². The number of hydrogen-bond donors (Lipinski definition) is 2. The molecule has 2 aliphatic rings. The van der Waals surface area contributed by atoms with Crippen LogP contribution >= 0.6 is 0 Å². The third-order valence-corrected chi connectivity index (χ3v) is 4.65. The Labute approximate surface area is 110 Å². The van der Waals surface area contributed by atoms with Crippen LogP contribution in [0.1, 0.15) is 46.0 Å². The fourth-order valence-corrected chi connectivity index (χ4v) is 3.18. The summed E-state index contributed by atoms with van der Waals surface area (Å²) in [6, 6.07) is 0.381. The van der Waals surface area contributed by atoms with Gasteiger partial charge < -0.3 is 15.5 Å². The Kier molecular flexibility index (Phi) is 4.62. The van der Waals surface area contributed by atoms with Crippen molar-refractivity contribution in [2.75, 3.05) is 26.2 Å². The van der Waals surface area contributed by atoms with E-state index in [1.807, 2.05) is 0 Å². The molecular weight excluding hydrogens is 226 g/mol. The van der Waals surface area contributed by atoms with E-state index in [9.17, 15) is 4.79 Å². The van der Waals surface area contributed by atoms with E-state index in [4.69, 9.17) is 0 Å². The number of rotatable bonds is 4. The van der Waals surface area contributed by atoms with E-state index in [1.54, 1.807) is 0 Å². The molecule has 1 unspecified atom stereocenters. The summed E-state index contributed by atoms with van der Waals surface area (Å²) in [6.45, 7) is 8.66. The summed E-state index contributed by atoms with van der Waals surface area (Å²) < 4.78 is 0. The van der Waals surface area contributed by atoms with Crippen molar-refractivity contribution in [1.82, 2.24) is 15.5 Å². The van der Waals surface area contributed by atoms with Crippen LogP contribution in [0.15, 0.2) is 0 Å². The van der Waals surface area contributed by atoms with Crippen LogP contribution in [0.4, 0.5) is 0 Å². The quantitative estimate of drug-likeness (QED) is 0.789. The van der Waals surface area contributed by atoms with Crippen LogP contribution in [0.25, 0.3) is 0 Å². The van der Waals surface area contributed by atoms with E-state index in [2.05, 4.69) is 29.4 Å². The van der Waals surface area contributed by atoms with Crippen LogP contribution in [-0.2, 0) is 4.79 Å². The van der Waals surface area contributed by atoms with Gasteiger partial charge in [-0.05, 0) is 45.2 Å². The zero-order chi connectivity index (χ0) is 13.0. The lowest BCUT2D eigenvalue weighted by molar-refractivity contribution is -0.128. The Hall–Kier alpha value is -0.610. The number of likely N-dealkylation sites (tertiary alicyclic amines) is 1. The summed E-state index contributed by atoms with van der Waals surface area (Å²) in [5.41, 5.74) is -0.276. The van der Waals surface area contributed by atoms with Gasteiger partial charge in [0.1, 0.15) is 0 Å². The predicted molar refractivity (Wildman–Crippen MR) is 73.5 cm³/mol. The second kappa shape index (κ2) is 6.02. The molecule has 2 aliphatic heterocycles. The Balaban J connectivity index is 1.84. The molecule has 4 nitrogen and oxygen atoms in total. The molecule has 18 heavy (non-hydrogen) atoms. The number of amides is 1. The van der Waals surface area contributed by atoms with E-state index in [0.29, 0.717) is 6.04 Å². The van der Waals surface area contributed by atoms with Crippen molar-refractivity contribution in [1.29, 1.82) is 0 Å². The maximum absolute atomic E-state index is 12.4. The molecule has 2 fully saturated rings. The summed E-state index contributed by atoms with van der Waals surface area (Å²) in [7, 11) is 0. The number of piperidine rings is 1. The number of nitrogens with zero attached hydrogens (tertiary/aromatic N) is 1. The van der Waals surface area contributed by atoms with E-state index < -0.39 is 0 Å². The minimum Gasteiger partial charge on any atom is -0.352 e. The molecule has 1 amide bonds. The number of carbonyl (C=O) groups is 1. The van der Waals surface area contributed by atoms with Gasteiger partial charge >= 0.3 is 0 Å². The zero-order valence-electron chi connectivity index (χ0n) is 11.8. The number of nitrogens with one attached hydrogen (secondary N) is 2. The SMILES string of the molecule is CCN1CCC(NC(=O)C2(CC)CCCN2)CC1. The average Bonchev–Trinajstić information content (AvgIpc) is 2.89. The van der Waals surface area contributed by atoms with Crippen molar-refractivity contribution in [3.8, 4) is 0 Å². The highest BCUT2D eigenvalue weighted by Crippen LogP contribution is 2.24. The van der Waals surface area contributed by atoms with Crippen molar-refractivity contribution in [2.45, 2.75) is 57.5 Å². The van der Waals surface area contributed by atoms with Crippen molar-refractivity contribution < 1.29 is 4.79 Å². The first-order chi connectivity index (χ1) is 8.70. The minimum absolute atomic E-state index is 0.234. The predicted octanol–water partition coefficient (Wildman–Crippen LogP) is 1.12. The fraction of sp³-hybridized carbons (Fsp3) is 0.929. The number of carbonyl (C=O) groups excluding carboxylic acids is 1. The summed E-state index contributed by atoms with van der Waals surface area (Å²) in [5, 5.41) is 6.68. The Morgan fingerprint density at radius 3 is 2.61 bits per heavy atom. The Morgan fingerprint density at radius 2 is 2.11 bits per heavy atom. The molecular formula is C14H27N3O. The van der Waals surface area contributed by atoms with Gasteiger partial charge in [-0.2, -0.15) is 0 Å². The molecule has 0 aromatic heterocycles. The average molecular weight is 253 g/mol. The van der Waals surface area contributed by atoms with Crippen molar-refractivity contribution >= 4 is 5.91 Å². The second-order valence-corrected chi connectivity index (χ2v) is 5.65. The molecule has 1 atom stereocenters. The van der Waals surface area contributed by atoms with E-state index in [0.717, 1.165) is 58.3 Å². The molecule has 0 aliphatic carbocycles. The van der Waals surface area contributed by atoms with E-state index in [1.165, 1.54) is 0 Å². The highest BCUT2D eigenvalue weighted by atomic mass is 16.2. The lowest BCUT2D eigenvalue weighted by Crippen LogP contribution is -2.56. The monoisotopic (exact) mass is 253 g/mol. The third kappa shape index (κ3) is 2.86. The molecule has 2 rings (SSSR count). The van der Waals surface area contributed by atoms with Gasteiger partial charge in [-0.1, -0.05) is 13.8 Å². The smallest absolute Gasteiger partial charge is 0.240 e. The largest absolute Gasteiger partial charge is 0.352 e. The van der Waals surface area contributed by atoms with Gasteiger partial charge in [0.25, 0.3) is 0 Å². The summed E-state index contributed by atoms with van der Waals surface area (Å²) in [4.78, 5) is 14.9. The standard InChI is InChI=1S/C14H27N3O/c1-3-14(8-5-9-15-14)13(18)16-12-6-10-17(4-2)11-7-12/h12,15H,3-11H2,1-2H3,(H,16,18).